The van der Waals surface area contributed by atoms with Gasteiger partial charge in [0.15, 0.2) is 0 Å². The van der Waals surface area contributed by atoms with Gasteiger partial charge in [0.2, 0.25) is 17.7 Å². The topological polar surface area (TPSA) is 124 Å². The molecule has 0 spiro atoms. The largest absolute Gasteiger partial charge is 0.415 e. The summed E-state index contributed by atoms with van der Waals surface area (Å²) in [6.07, 6.45) is -0.908. The lowest BCUT2D eigenvalue weighted by Gasteiger charge is -2.50. The highest BCUT2D eigenvalue weighted by Crippen LogP contribution is 2.40. The number of nitrogens with one attached hydrogen (secondary N) is 2. The van der Waals surface area contributed by atoms with Crippen LogP contribution in [0.5, 0.6) is 5.88 Å². The number of alkyl halides is 2. The molecule has 1 fully saturated rings. The maximum Gasteiger partial charge on any atom is 0.388 e. The van der Waals surface area contributed by atoms with E-state index >= 15 is 0 Å². The summed E-state index contributed by atoms with van der Waals surface area (Å²) >= 11 is 0. The van der Waals surface area contributed by atoms with Crippen LogP contribution >= 0.6 is 0 Å². The second-order valence-corrected chi connectivity index (χ2v) is 9.25. The molecule has 1 aromatic heterocycles. The molecule has 1 atom stereocenters. The molecular weight excluding hydrogens is 474 g/mol. The molecule has 1 aliphatic heterocycles. The Hall–Kier alpha value is -3.15. The lowest BCUT2D eigenvalue weighted by molar-refractivity contribution is -0.129. The van der Waals surface area contributed by atoms with Crippen LogP contribution in [0.1, 0.15) is 36.6 Å². The summed E-state index contributed by atoms with van der Waals surface area (Å²) in [7, 11) is 0. The third kappa shape index (κ3) is 6.34. The van der Waals surface area contributed by atoms with Crippen molar-refractivity contribution in [2.24, 2.45) is 0 Å². The van der Waals surface area contributed by atoms with E-state index in [1.54, 1.807) is 13.0 Å². The number of benzene rings is 1. The molecule has 1 aliphatic rings. The Bertz CT molecular complexity index is 1080. The predicted molar refractivity (Wildman–Crippen MR) is 129 cm³/mol. The van der Waals surface area contributed by atoms with Gasteiger partial charge in [0.1, 0.15) is 12.3 Å². The number of nitrogens with zero attached hydrogens (tertiary/aromatic N) is 2. The number of β-amino-alcohol motifs (C(OH)–C–C–N with tert-alkyl or cyclic N) is 1. The van der Waals surface area contributed by atoms with Gasteiger partial charge in [0.05, 0.1) is 11.5 Å². The Morgan fingerprint density at radius 1 is 1.19 bits per heavy atom. The Labute approximate surface area is 208 Å². The van der Waals surface area contributed by atoms with Crippen LogP contribution in [-0.4, -0.2) is 77.4 Å². The van der Waals surface area contributed by atoms with Crippen molar-refractivity contribution in [1.29, 1.82) is 0 Å². The van der Waals surface area contributed by atoms with Crippen molar-refractivity contribution in [3.05, 3.63) is 53.2 Å². The molecule has 2 heterocycles. The zero-order valence-corrected chi connectivity index (χ0v) is 20.5. The number of hydrogen-bond acceptors (Lipinski definition) is 7. The maximum atomic E-state index is 13.7. The first kappa shape index (κ1) is 27.4. The number of ether oxygens (including phenoxy) is 1. The smallest absolute Gasteiger partial charge is 0.388 e. The van der Waals surface area contributed by atoms with Gasteiger partial charge in [0.25, 0.3) is 0 Å². The van der Waals surface area contributed by atoms with Gasteiger partial charge >= 0.3 is 6.61 Å². The molecule has 3 rings (SSSR count). The maximum absolute atomic E-state index is 13.7. The van der Waals surface area contributed by atoms with Crippen LogP contribution in [-0.2, 0) is 15.0 Å². The molecule has 0 radical (unpaired) electrons. The summed E-state index contributed by atoms with van der Waals surface area (Å²) < 4.78 is 30.4. The van der Waals surface area contributed by atoms with E-state index in [9.17, 15) is 23.5 Å². The van der Waals surface area contributed by atoms with Crippen molar-refractivity contribution in [1.82, 2.24) is 15.2 Å². The number of rotatable bonds is 11. The van der Waals surface area contributed by atoms with Gasteiger partial charge in [-0.1, -0.05) is 38.1 Å². The van der Waals surface area contributed by atoms with Crippen LogP contribution in [0, 0.1) is 6.92 Å². The number of hydrogen-bond donors (Lipinski definition) is 4. The average Bonchev–Trinajstić information content (AvgIpc) is 2.80. The van der Waals surface area contributed by atoms with E-state index in [4.69, 9.17) is 5.11 Å². The lowest BCUT2D eigenvalue weighted by atomic mass is 9.69. The van der Waals surface area contributed by atoms with Crippen molar-refractivity contribution in [2.45, 2.75) is 44.8 Å². The molecule has 1 saturated heterocycles. The molecule has 0 aliphatic carbocycles. The number of likely N-dealkylation sites (tertiary alicyclic amines) is 1. The fourth-order valence-corrected chi connectivity index (χ4v) is 4.41. The molecule has 0 saturated carbocycles. The van der Waals surface area contributed by atoms with Gasteiger partial charge in [-0.05, 0) is 36.1 Å². The minimum Gasteiger partial charge on any atom is -0.415 e. The third-order valence-electron chi connectivity index (χ3n) is 6.12. The number of halogens is 2. The van der Waals surface area contributed by atoms with E-state index < -0.39 is 36.6 Å². The summed E-state index contributed by atoms with van der Waals surface area (Å²) in [5, 5.41) is 24.3. The summed E-state index contributed by atoms with van der Waals surface area (Å²) in [5.74, 6) is -1.24. The summed E-state index contributed by atoms with van der Waals surface area (Å²) in [6, 6.07) is 10.6. The Morgan fingerprint density at radius 2 is 1.89 bits per heavy atom. The van der Waals surface area contributed by atoms with Gasteiger partial charge in [-0.15, -0.1) is 0 Å². The summed E-state index contributed by atoms with van der Waals surface area (Å²) in [5.41, 5.74) is 1.28. The first-order valence-corrected chi connectivity index (χ1v) is 11.7. The Kier molecular flexibility index (Phi) is 8.93. The third-order valence-corrected chi connectivity index (χ3v) is 6.12. The Balaban J connectivity index is 1.86. The van der Waals surface area contributed by atoms with Crippen molar-refractivity contribution >= 4 is 17.5 Å². The number of aliphatic hydroxyl groups excluding tert-OH is 2. The van der Waals surface area contributed by atoms with Crippen molar-refractivity contribution in [3.63, 3.8) is 0 Å². The molecule has 9 nitrogen and oxygen atoms in total. The second kappa shape index (κ2) is 11.7. The van der Waals surface area contributed by atoms with Crippen molar-refractivity contribution in [3.8, 4) is 5.88 Å². The molecule has 0 bridgehead atoms. The zero-order chi connectivity index (χ0) is 26.5. The van der Waals surface area contributed by atoms with E-state index in [0.717, 1.165) is 11.1 Å². The first-order valence-electron chi connectivity index (χ1n) is 11.7. The molecule has 36 heavy (non-hydrogen) atoms. The number of aliphatic hydroxyl groups is 2. The quantitative estimate of drug-likeness (QED) is 0.366. The highest BCUT2D eigenvalue weighted by molar-refractivity contribution is 6.01. The van der Waals surface area contributed by atoms with Gasteiger partial charge in [-0.2, -0.15) is 8.78 Å². The van der Waals surface area contributed by atoms with E-state index in [1.807, 2.05) is 43.0 Å². The van der Waals surface area contributed by atoms with Crippen LogP contribution in [0.4, 0.5) is 14.5 Å². The minimum absolute atomic E-state index is 0.0394. The minimum atomic E-state index is -3.10. The van der Waals surface area contributed by atoms with E-state index in [-0.39, 0.29) is 43.7 Å². The van der Waals surface area contributed by atoms with Crippen LogP contribution in [0.15, 0.2) is 36.4 Å². The molecule has 1 unspecified atom stereocenters. The lowest BCUT2D eigenvalue weighted by Crippen LogP contribution is -2.66. The van der Waals surface area contributed by atoms with Gasteiger partial charge in [-0.25, -0.2) is 4.98 Å². The zero-order valence-electron chi connectivity index (χ0n) is 20.5. The van der Waals surface area contributed by atoms with Crippen LogP contribution in [0.3, 0.4) is 0 Å². The fraction of sp³-hybridized carbons (Fsp3) is 0.480. The van der Waals surface area contributed by atoms with Crippen LogP contribution in [0.2, 0.25) is 0 Å². The fourth-order valence-electron chi connectivity index (χ4n) is 4.41. The molecule has 11 heteroatoms. The number of aromatic nitrogens is 1. The standard InChI is InChI=1S/C25H32F2N4O5/c1-15(2)18-6-4-5-7-19(18)25(13-31(14-25)11-17(33)10-28-21(34)12-32)23(35)30-20-9-8-16(3)29-22(20)36-24(26)27/h4-9,15,17,24,32-33H,10-14H2,1-3H3,(H,28,34)(H,30,35). The van der Waals surface area contributed by atoms with Gasteiger partial charge < -0.3 is 25.6 Å². The molecule has 196 valence electrons. The SMILES string of the molecule is Cc1ccc(NC(=O)C2(c3ccccc3C(C)C)CN(CC(O)CNC(=O)CO)C2)c(OC(F)F)n1. The van der Waals surface area contributed by atoms with Crippen molar-refractivity contribution < 1.29 is 33.3 Å². The van der Waals surface area contributed by atoms with Crippen molar-refractivity contribution in [2.75, 3.05) is 38.1 Å². The van der Waals surface area contributed by atoms with Crippen LogP contribution < -0.4 is 15.4 Å². The highest BCUT2D eigenvalue weighted by atomic mass is 19.3. The number of carbonyl (C=O) groups is 2. The molecule has 2 amide bonds. The highest BCUT2D eigenvalue weighted by Gasteiger charge is 2.52. The Morgan fingerprint density at radius 3 is 2.53 bits per heavy atom. The molecule has 4 N–H and O–H groups in total. The van der Waals surface area contributed by atoms with Gasteiger partial charge in [-0.3, -0.25) is 14.5 Å². The molecule has 2 aromatic rings. The van der Waals surface area contributed by atoms with Gasteiger partial charge in [0, 0.05) is 31.9 Å². The van der Waals surface area contributed by atoms with E-state index in [0.29, 0.717) is 5.69 Å². The molecule has 1 aromatic carbocycles. The van der Waals surface area contributed by atoms with E-state index in [2.05, 4.69) is 20.4 Å². The first-order chi connectivity index (χ1) is 17.1. The normalized spacial score (nSPS) is 15.9. The number of carbonyl (C=O) groups excluding carboxylic acids is 2. The summed E-state index contributed by atoms with van der Waals surface area (Å²) in [4.78, 5) is 30.9. The number of aryl methyl sites for hydroxylation is 1. The monoisotopic (exact) mass is 506 g/mol. The van der Waals surface area contributed by atoms with Crippen LogP contribution in [0.25, 0.3) is 0 Å². The average molecular weight is 507 g/mol. The second-order valence-electron chi connectivity index (χ2n) is 9.25. The summed E-state index contributed by atoms with van der Waals surface area (Å²) in [6.45, 7) is 2.57. The number of amides is 2. The molecular formula is C25H32F2N4O5. The number of anilines is 1. The van der Waals surface area contributed by atoms with E-state index in [1.165, 1.54) is 6.07 Å². The predicted octanol–water partition coefficient (Wildman–Crippen LogP) is 1.78. The number of pyridine rings is 1.